The Labute approximate surface area is 119 Å². The molecule has 0 unspecified atom stereocenters. The molecule has 0 radical (unpaired) electrons. The molecule has 19 heavy (non-hydrogen) atoms. The summed E-state index contributed by atoms with van der Waals surface area (Å²) in [5, 5.41) is 0.492. The summed E-state index contributed by atoms with van der Waals surface area (Å²) in [5.74, 6) is 0. The summed E-state index contributed by atoms with van der Waals surface area (Å²) < 4.78 is 4.94. The van der Waals surface area contributed by atoms with Crippen molar-refractivity contribution in [2.45, 2.75) is 39.3 Å². The Kier molecular flexibility index (Phi) is 5.76. The van der Waals surface area contributed by atoms with Crippen LogP contribution in [0, 0.1) is 0 Å². The van der Waals surface area contributed by atoms with Crippen molar-refractivity contribution in [1.29, 1.82) is 0 Å². The number of rotatable bonds is 1. The Morgan fingerprint density at radius 3 is 2.58 bits per heavy atom. The van der Waals surface area contributed by atoms with Crippen LogP contribution in [0.3, 0.4) is 0 Å². The summed E-state index contributed by atoms with van der Waals surface area (Å²) in [6.07, 6.45) is 3.54. The van der Waals surface area contributed by atoms with Crippen LogP contribution in [-0.4, -0.2) is 35.5 Å². The number of fused-ring (bicyclic) bond motifs is 1. The Hall–Kier alpha value is -1.13. The fourth-order valence-electron chi connectivity index (χ4n) is 1.52. The van der Waals surface area contributed by atoms with Crippen molar-refractivity contribution in [3.05, 3.63) is 28.5 Å². The van der Waals surface area contributed by atoms with E-state index in [-0.39, 0.29) is 5.60 Å². The van der Waals surface area contributed by atoms with Crippen LogP contribution in [0.5, 0.6) is 0 Å². The van der Waals surface area contributed by atoms with E-state index in [0.717, 1.165) is 24.9 Å². The highest BCUT2D eigenvalue weighted by atomic mass is 35.5. The second kappa shape index (κ2) is 6.87. The third kappa shape index (κ3) is 5.57. The van der Waals surface area contributed by atoms with Crippen LogP contribution in [-0.2, 0) is 22.5 Å². The van der Waals surface area contributed by atoms with Crippen molar-refractivity contribution in [2.75, 3.05) is 13.7 Å². The zero-order chi connectivity index (χ0) is 14.5. The number of halogens is 1. The van der Waals surface area contributed by atoms with Gasteiger partial charge in [0.25, 0.3) is 0 Å². The van der Waals surface area contributed by atoms with E-state index in [9.17, 15) is 4.79 Å². The second-order valence-corrected chi connectivity index (χ2v) is 5.81. The van der Waals surface area contributed by atoms with Gasteiger partial charge in [-0.3, -0.25) is 4.79 Å². The van der Waals surface area contributed by atoms with E-state index in [1.54, 1.807) is 18.2 Å². The number of amides is 1. The van der Waals surface area contributed by atoms with Crippen molar-refractivity contribution in [3.63, 3.8) is 0 Å². The first-order valence-electron chi connectivity index (χ1n) is 6.23. The quantitative estimate of drug-likeness (QED) is 0.588. The minimum Gasteiger partial charge on any atom is -0.379 e. The maximum absolute atomic E-state index is 10.5. The molecule has 0 fully saturated rings. The van der Waals surface area contributed by atoms with Crippen LogP contribution in [0.25, 0.3) is 0 Å². The Morgan fingerprint density at radius 1 is 1.42 bits per heavy atom. The Bertz CT molecular complexity index is 430. The summed E-state index contributed by atoms with van der Waals surface area (Å²) in [7, 11) is 1.71. The van der Waals surface area contributed by atoms with E-state index in [0.29, 0.717) is 11.7 Å². The van der Waals surface area contributed by atoms with Gasteiger partial charge in [-0.2, -0.15) is 0 Å². The van der Waals surface area contributed by atoms with Gasteiger partial charge < -0.3 is 9.64 Å². The number of carbonyl (C=O) groups is 1. The molecule has 1 aliphatic heterocycles. The zero-order valence-electron chi connectivity index (χ0n) is 11.9. The van der Waals surface area contributed by atoms with E-state index in [2.05, 4.69) is 4.98 Å². The van der Waals surface area contributed by atoms with E-state index in [1.165, 1.54) is 5.56 Å². The molecule has 106 valence electrons. The molecule has 0 saturated heterocycles. The summed E-state index contributed by atoms with van der Waals surface area (Å²) in [4.78, 5) is 16.3. The Balaban J connectivity index is 0.000000258. The van der Waals surface area contributed by atoms with E-state index < -0.39 is 0 Å². The molecule has 1 aromatic rings. The van der Waals surface area contributed by atoms with Crippen LogP contribution in [0.2, 0.25) is 5.15 Å². The van der Waals surface area contributed by atoms with Crippen molar-refractivity contribution in [1.82, 2.24) is 9.88 Å². The average Bonchev–Trinajstić information content (AvgIpc) is 2.37. The van der Waals surface area contributed by atoms with E-state index >= 15 is 0 Å². The summed E-state index contributed by atoms with van der Waals surface area (Å²) in [6.45, 7) is 7.49. The van der Waals surface area contributed by atoms with Gasteiger partial charge in [0.15, 0.2) is 0 Å². The minimum absolute atomic E-state index is 0.0417. The molecule has 1 amide bonds. The van der Waals surface area contributed by atoms with Crippen LogP contribution in [0.1, 0.15) is 31.9 Å². The normalized spacial score (nSPS) is 14.3. The average molecular weight is 285 g/mol. The standard InChI is InChI=1S/C9H9ClN2O.C5H12O/c10-9-3-8-5-12(6-13)2-1-7(8)4-11-9;1-5(2,3)6-4/h3-4,6H,1-2,5H2;1-4H3. The number of carbonyl (C=O) groups excluding carboxylic acids is 1. The number of aromatic nitrogens is 1. The van der Waals surface area contributed by atoms with Gasteiger partial charge in [0, 0.05) is 26.4 Å². The lowest BCUT2D eigenvalue weighted by atomic mass is 10.0. The molecule has 0 N–H and O–H groups in total. The van der Waals surface area contributed by atoms with Gasteiger partial charge in [0.1, 0.15) is 5.15 Å². The number of hydrogen-bond acceptors (Lipinski definition) is 3. The molecule has 5 heteroatoms. The van der Waals surface area contributed by atoms with Gasteiger partial charge in [-0.1, -0.05) is 11.6 Å². The molecular formula is C14H21ClN2O2. The Morgan fingerprint density at radius 2 is 2.05 bits per heavy atom. The molecular weight excluding hydrogens is 264 g/mol. The van der Waals surface area contributed by atoms with Crippen molar-refractivity contribution in [3.8, 4) is 0 Å². The SMILES string of the molecule is COC(C)(C)C.O=CN1CCc2cnc(Cl)cc2C1. The van der Waals surface area contributed by atoms with Crippen molar-refractivity contribution < 1.29 is 9.53 Å². The molecule has 0 atom stereocenters. The van der Waals surface area contributed by atoms with Crippen LogP contribution >= 0.6 is 11.6 Å². The zero-order valence-corrected chi connectivity index (χ0v) is 12.7. The van der Waals surface area contributed by atoms with Crippen molar-refractivity contribution in [2.24, 2.45) is 0 Å². The predicted octanol–water partition coefficient (Wildman–Crippen LogP) is 2.68. The monoisotopic (exact) mass is 284 g/mol. The summed E-state index contributed by atoms with van der Waals surface area (Å²) in [5.41, 5.74) is 2.35. The fourth-order valence-corrected chi connectivity index (χ4v) is 1.70. The maximum Gasteiger partial charge on any atom is 0.210 e. The summed E-state index contributed by atoms with van der Waals surface area (Å²) in [6, 6.07) is 1.83. The van der Waals surface area contributed by atoms with Gasteiger partial charge in [0.2, 0.25) is 6.41 Å². The molecule has 0 aliphatic carbocycles. The minimum atomic E-state index is 0.0417. The number of pyridine rings is 1. The fraction of sp³-hybridized carbons (Fsp3) is 0.571. The van der Waals surface area contributed by atoms with Crippen LogP contribution in [0.4, 0.5) is 0 Å². The highest BCUT2D eigenvalue weighted by Crippen LogP contribution is 2.19. The van der Waals surface area contributed by atoms with E-state index in [4.69, 9.17) is 16.3 Å². The number of methoxy groups -OCH3 is 1. The molecule has 1 aromatic heterocycles. The van der Waals surface area contributed by atoms with Crippen LogP contribution < -0.4 is 0 Å². The second-order valence-electron chi connectivity index (χ2n) is 5.42. The highest BCUT2D eigenvalue weighted by Gasteiger charge is 2.14. The lowest BCUT2D eigenvalue weighted by molar-refractivity contribution is -0.118. The molecule has 4 nitrogen and oxygen atoms in total. The molecule has 0 aromatic carbocycles. The predicted molar refractivity (Wildman–Crippen MR) is 76.2 cm³/mol. The van der Waals surface area contributed by atoms with Gasteiger partial charge >= 0.3 is 0 Å². The molecule has 0 saturated carbocycles. The third-order valence-corrected chi connectivity index (χ3v) is 3.06. The van der Waals surface area contributed by atoms with E-state index in [1.807, 2.05) is 26.8 Å². The maximum atomic E-state index is 10.5. The lowest BCUT2D eigenvalue weighted by Gasteiger charge is -2.24. The molecule has 2 rings (SSSR count). The lowest BCUT2D eigenvalue weighted by Crippen LogP contribution is -2.29. The van der Waals surface area contributed by atoms with Crippen molar-refractivity contribution >= 4 is 18.0 Å². The molecule has 1 aliphatic rings. The molecule has 0 spiro atoms. The van der Waals surface area contributed by atoms with Gasteiger partial charge in [-0.15, -0.1) is 0 Å². The number of hydrogen-bond donors (Lipinski definition) is 0. The van der Waals surface area contributed by atoms with Gasteiger partial charge in [-0.05, 0) is 44.4 Å². The number of ether oxygens (including phenoxy) is 1. The first kappa shape index (κ1) is 15.9. The van der Waals surface area contributed by atoms with Gasteiger partial charge in [0.05, 0.1) is 5.60 Å². The molecule has 2 heterocycles. The summed E-state index contributed by atoms with van der Waals surface area (Å²) >= 11 is 5.75. The smallest absolute Gasteiger partial charge is 0.210 e. The number of nitrogens with zero attached hydrogens (tertiary/aromatic N) is 2. The first-order chi connectivity index (χ1) is 8.85. The first-order valence-corrected chi connectivity index (χ1v) is 6.61. The van der Waals surface area contributed by atoms with Crippen LogP contribution in [0.15, 0.2) is 12.3 Å². The van der Waals surface area contributed by atoms with Gasteiger partial charge in [-0.25, -0.2) is 4.98 Å². The third-order valence-electron chi connectivity index (χ3n) is 2.85. The molecule has 0 bridgehead atoms. The topological polar surface area (TPSA) is 42.4 Å². The largest absolute Gasteiger partial charge is 0.379 e. The highest BCUT2D eigenvalue weighted by molar-refractivity contribution is 6.29.